The highest BCUT2D eigenvalue weighted by atomic mass is 16.3. The van der Waals surface area contributed by atoms with Gasteiger partial charge in [-0.3, -0.25) is 9.69 Å². The largest absolute Gasteiger partial charge is 0.467 e. The molecular weight excluding hydrogens is 254 g/mol. The van der Waals surface area contributed by atoms with Gasteiger partial charge in [0, 0.05) is 13.6 Å². The Kier molecular flexibility index (Phi) is 5.61. The van der Waals surface area contributed by atoms with Gasteiger partial charge < -0.3 is 14.6 Å². The van der Waals surface area contributed by atoms with Crippen LogP contribution in [0, 0.1) is 5.92 Å². The van der Waals surface area contributed by atoms with Crippen LogP contribution in [0.15, 0.2) is 22.8 Å². The predicted molar refractivity (Wildman–Crippen MR) is 78.3 cm³/mol. The Hall–Kier alpha value is -1.33. The van der Waals surface area contributed by atoms with Crippen molar-refractivity contribution < 1.29 is 9.21 Å². The highest BCUT2D eigenvalue weighted by molar-refractivity contribution is 5.77. The molecule has 1 amide bonds. The van der Waals surface area contributed by atoms with E-state index in [4.69, 9.17) is 4.42 Å². The van der Waals surface area contributed by atoms with E-state index in [0.29, 0.717) is 19.0 Å². The molecule has 0 unspecified atom stereocenters. The van der Waals surface area contributed by atoms with Gasteiger partial charge in [-0.15, -0.1) is 0 Å². The first kappa shape index (κ1) is 15.1. The number of piperidine rings is 1. The zero-order chi connectivity index (χ0) is 14.4. The highest BCUT2D eigenvalue weighted by Crippen LogP contribution is 2.12. The van der Waals surface area contributed by atoms with E-state index in [1.165, 1.54) is 12.8 Å². The molecule has 1 aliphatic rings. The molecule has 2 rings (SSSR count). The maximum atomic E-state index is 12.2. The van der Waals surface area contributed by atoms with Gasteiger partial charge in [0.25, 0.3) is 0 Å². The van der Waals surface area contributed by atoms with Gasteiger partial charge in [0.1, 0.15) is 5.76 Å². The lowest BCUT2D eigenvalue weighted by molar-refractivity contribution is -0.131. The quantitative estimate of drug-likeness (QED) is 0.849. The van der Waals surface area contributed by atoms with Crippen LogP contribution in [0.1, 0.15) is 18.6 Å². The van der Waals surface area contributed by atoms with Crippen LogP contribution < -0.4 is 5.32 Å². The highest BCUT2D eigenvalue weighted by Gasteiger charge is 2.18. The second kappa shape index (κ2) is 7.45. The SMILES string of the molecule is CN(CC(=O)N(C)Cc1ccco1)CC1CCNCC1. The third kappa shape index (κ3) is 4.65. The molecule has 1 aromatic rings. The second-order valence-corrected chi connectivity index (χ2v) is 5.72. The standard InChI is InChI=1S/C15H25N3O2/c1-17(10-13-5-7-16-8-6-13)12-15(19)18(2)11-14-4-3-9-20-14/h3-4,9,13,16H,5-8,10-12H2,1-2H3. The van der Waals surface area contributed by atoms with E-state index >= 15 is 0 Å². The van der Waals surface area contributed by atoms with E-state index in [1.807, 2.05) is 26.2 Å². The minimum absolute atomic E-state index is 0.137. The second-order valence-electron chi connectivity index (χ2n) is 5.72. The van der Waals surface area contributed by atoms with Gasteiger partial charge in [-0.25, -0.2) is 0 Å². The molecule has 0 atom stereocenters. The van der Waals surface area contributed by atoms with Crippen LogP contribution in [0.5, 0.6) is 0 Å². The molecule has 0 saturated carbocycles. The maximum absolute atomic E-state index is 12.2. The normalized spacial score (nSPS) is 16.6. The van der Waals surface area contributed by atoms with Gasteiger partial charge in [0.15, 0.2) is 0 Å². The fraction of sp³-hybridized carbons (Fsp3) is 0.667. The van der Waals surface area contributed by atoms with Crippen molar-refractivity contribution in [3.63, 3.8) is 0 Å². The van der Waals surface area contributed by atoms with Crippen molar-refractivity contribution >= 4 is 5.91 Å². The van der Waals surface area contributed by atoms with Crippen molar-refractivity contribution in [1.82, 2.24) is 15.1 Å². The summed E-state index contributed by atoms with van der Waals surface area (Å²) in [7, 11) is 3.85. The van der Waals surface area contributed by atoms with Crippen molar-refractivity contribution in [3.05, 3.63) is 24.2 Å². The monoisotopic (exact) mass is 279 g/mol. The molecule has 0 bridgehead atoms. The average Bonchev–Trinajstić information content (AvgIpc) is 2.92. The molecule has 1 fully saturated rings. The zero-order valence-electron chi connectivity index (χ0n) is 12.5. The van der Waals surface area contributed by atoms with Gasteiger partial charge >= 0.3 is 0 Å². The fourth-order valence-electron chi connectivity index (χ4n) is 2.65. The minimum Gasteiger partial charge on any atom is -0.467 e. The molecule has 0 aromatic carbocycles. The first-order valence-electron chi connectivity index (χ1n) is 7.30. The molecular formula is C15H25N3O2. The number of amides is 1. The lowest BCUT2D eigenvalue weighted by atomic mass is 9.98. The summed E-state index contributed by atoms with van der Waals surface area (Å²) in [5.74, 6) is 1.67. The Labute approximate surface area is 120 Å². The fourth-order valence-corrected chi connectivity index (χ4v) is 2.65. The van der Waals surface area contributed by atoms with Crippen LogP contribution in [-0.2, 0) is 11.3 Å². The number of nitrogens with zero attached hydrogens (tertiary/aromatic N) is 2. The number of likely N-dealkylation sites (N-methyl/N-ethyl adjacent to an activating group) is 2. The van der Waals surface area contributed by atoms with Crippen molar-refractivity contribution in [3.8, 4) is 0 Å². The molecule has 1 aliphatic heterocycles. The number of hydrogen-bond donors (Lipinski definition) is 1. The molecule has 0 spiro atoms. The van der Waals surface area contributed by atoms with Crippen LogP contribution >= 0.6 is 0 Å². The van der Waals surface area contributed by atoms with Crippen LogP contribution in [0.3, 0.4) is 0 Å². The summed E-state index contributed by atoms with van der Waals surface area (Å²) in [5.41, 5.74) is 0. The molecule has 0 radical (unpaired) electrons. The van der Waals surface area contributed by atoms with Crippen molar-refractivity contribution in [2.45, 2.75) is 19.4 Å². The van der Waals surface area contributed by atoms with E-state index < -0.39 is 0 Å². The molecule has 0 aliphatic carbocycles. The molecule has 1 aromatic heterocycles. The third-order valence-corrected chi connectivity index (χ3v) is 3.83. The van der Waals surface area contributed by atoms with Crippen molar-refractivity contribution in [2.24, 2.45) is 5.92 Å². The molecule has 1 N–H and O–H groups in total. The van der Waals surface area contributed by atoms with E-state index in [0.717, 1.165) is 25.4 Å². The van der Waals surface area contributed by atoms with Gasteiger partial charge in [-0.2, -0.15) is 0 Å². The number of carbonyl (C=O) groups excluding carboxylic acids is 1. The summed E-state index contributed by atoms with van der Waals surface area (Å²) < 4.78 is 5.27. The lowest BCUT2D eigenvalue weighted by Gasteiger charge is -2.28. The van der Waals surface area contributed by atoms with Gasteiger partial charge in [0.2, 0.25) is 5.91 Å². The Bertz CT molecular complexity index is 399. The summed E-state index contributed by atoms with van der Waals surface area (Å²) in [4.78, 5) is 16.0. The minimum atomic E-state index is 0.137. The molecule has 5 nitrogen and oxygen atoms in total. The molecule has 5 heteroatoms. The number of furan rings is 1. The van der Waals surface area contributed by atoms with Crippen LogP contribution in [-0.4, -0.2) is 56.0 Å². The Morgan fingerprint density at radius 3 is 2.80 bits per heavy atom. The third-order valence-electron chi connectivity index (χ3n) is 3.83. The number of rotatable bonds is 6. The Balaban J connectivity index is 1.72. The predicted octanol–water partition coefficient (Wildman–Crippen LogP) is 1.17. The average molecular weight is 279 g/mol. The first-order chi connectivity index (χ1) is 9.65. The van der Waals surface area contributed by atoms with Crippen LogP contribution in [0.25, 0.3) is 0 Å². The van der Waals surface area contributed by atoms with Crippen molar-refractivity contribution in [2.75, 3.05) is 40.3 Å². The number of hydrogen-bond acceptors (Lipinski definition) is 4. The molecule has 1 saturated heterocycles. The molecule has 2 heterocycles. The van der Waals surface area contributed by atoms with E-state index in [-0.39, 0.29) is 5.91 Å². The number of carbonyl (C=O) groups is 1. The summed E-state index contributed by atoms with van der Waals surface area (Å²) in [5, 5.41) is 3.37. The molecule has 112 valence electrons. The van der Waals surface area contributed by atoms with Crippen LogP contribution in [0.2, 0.25) is 0 Å². The topological polar surface area (TPSA) is 48.7 Å². The first-order valence-corrected chi connectivity index (χ1v) is 7.30. The number of nitrogens with one attached hydrogen (secondary N) is 1. The van der Waals surface area contributed by atoms with E-state index in [2.05, 4.69) is 10.2 Å². The Morgan fingerprint density at radius 1 is 1.40 bits per heavy atom. The summed E-state index contributed by atoms with van der Waals surface area (Å²) in [6.45, 7) is 4.21. The van der Waals surface area contributed by atoms with E-state index in [9.17, 15) is 4.79 Å². The Morgan fingerprint density at radius 2 is 2.15 bits per heavy atom. The lowest BCUT2D eigenvalue weighted by Crippen LogP contribution is -2.40. The summed E-state index contributed by atoms with van der Waals surface area (Å²) in [6, 6.07) is 3.74. The van der Waals surface area contributed by atoms with E-state index in [1.54, 1.807) is 11.2 Å². The summed E-state index contributed by atoms with van der Waals surface area (Å²) in [6.07, 6.45) is 4.05. The van der Waals surface area contributed by atoms with Crippen LogP contribution in [0.4, 0.5) is 0 Å². The maximum Gasteiger partial charge on any atom is 0.236 e. The summed E-state index contributed by atoms with van der Waals surface area (Å²) >= 11 is 0. The molecule has 20 heavy (non-hydrogen) atoms. The van der Waals surface area contributed by atoms with Crippen molar-refractivity contribution in [1.29, 1.82) is 0 Å². The smallest absolute Gasteiger partial charge is 0.236 e. The zero-order valence-corrected chi connectivity index (χ0v) is 12.5. The van der Waals surface area contributed by atoms with Gasteiger partial charge in [-0.1, -0.05) is 0 Å². The van der Waals surface area contributed by atoms with Gasteiger partial charge in [0.05, 0.1) is 19.4 Å². The van der Waals surface area contributed by atoms with Gasteiger partial charge in [-0.05, 0) is 51.0 Å².